The molecule has 23 heavy (non-hydrogen) atoms. The van der Waals surface area contributed by atoms with Crippen LogP contribution in [0.1, 0.15) is 5.56 Å². The van der Waals surface area contributed by atoms with Crippen LogP contribution in [-0.4, -0.2) is 80.7 Å². The molecule has 0 spiro atoms. The number of rotatable bonds is 6. The summed E-state index contributed by atoms with van der Waals surface area (Å²) in [5, 5.41) is 56.6. The summed E-state index contributed by atoms with van der Waals surface area (Å²) in [5.41, 5.74) is 0.785. The molecule has 8 heteroatoms. The van der Waals surface area contributed by atoms with Crippen molar-refractivity contribution in [2.24, 2.45) is 0 Å². The molecular formula is C15H22O8. The van der Waals surface area contributed by atoms with E-state index in [1.807, 2.05) is 0 Å². The minimum Gasteiger partial charge on any atom is -0.462 e. The molecule has 1 saturated heterocycles. The summed E-state index contributed by atoms with van der Waals surface area (Å²) in [6.45, 7) is -0.855. The molecular weight excluding hydrogens is 308 g/mol. The molecule has 0 radical (unpaired) electrons. The van der Waals surface area contributed by atoms with Crippen LogP contribution >= 0.6 is 0 Å². The molecule has 1 aromatic carbocycles. The van der Waals surface area contributed by atoms with Crippen LogP contribution in [0.5, 0.6) is 5.75 Å². The van der Waals surface area contributed by atoms with Gasteiger partial charge in [-0.25, -0.2) is 0 Å². The molecule has 0 aromatic heterocycles. The molecule has 0 amide bonds. The minimum absolute atomic E-state index is 0.289. The molecule has 0 aliphatic carbocycles. The lowest BCUT2D eigenvalue weighted by Crippen LogP contribution is -2.60. The summed E-state index contributed by atoms with van der Waals surface area (Å²) in [7, 11) is 0. The molecule has 1 aliphatic rings. The number of aliphatic hydroxyl groups excluding tert-OH is 6. The molecule has 6 N–H and O–H groups in total. The zero-order chi connectivity index (χ0) is 17.0. The van der Waals surface area contributed by atoms with Crippen molar-refractivity contribution in [1.82, 2.24) is 0 Å². The Labute approximate surface area is 133 Å². The Hall–Kier alpha value is -1.26. The highest BCUT2D eigenvalue weighted by Crippen LogP contribution is 2.24. The van der Waals surface area contributed by atoms with E-state index in [2.05, 4.69) is 0 Å². The van der Waals surface area contributed by atoms with Gasteiger partial charge in [-0.15, -0.1) is 0 Å². The van der Waals surface area contributed by atoms with Crippen LogP contribution < -0.4 is 4.74 Å². The van der Waals surface area contributed by atoms with Gasteiger partial charge in [0, 0.05) is 6.42 Å². The second-order valence-corrected chi connectivity index (χ2v) is 5.50. The van der Waals surface area contributed by atoms with E-state index in [4.69, 9.17) is 19.7 Å². The van der Waals surface area contributed by atoms with Gasteiger partial charge >= 0.3 is 0 Å². The molecule has 130 valence electrons. The van der Waals surface area contributed by atoms with Crippen molar-refractivity contribution in [3.8, 4) is 5.75 Å². The third-order valence-electron chi connectivity index (χ3n) is 3.71. The summed E-state index contributed by atoms with van der Waals surface area (Å²) in [4.78, 5) is 0. The fourth-order valence-corrected chi connectivity index (χ4v) is 2.34. The highest BCUT2D eigenvalue weighted by Gasteiger charge is 2.44. The first-order valence-corrected chi connectivity index (χ1v) is 7.31. The fourth-order valence-electron chi connectivity index (χ4n) is 2.34. The molecule has 6 atom stereocenters. The second-order valence-electron chi connectivity index (χ2n) is 5.50. The van der Waals surface area contributed by atoms with Crippen molar-refractivity contribution in [2.75, 3.05) is 13.2 Å². The van der Waals surface area contributed by atoms with Gasteiger partial charge in [0.1, 0.15) is 30.2 Å². The fraction of sp³-hybridized carbons (Fsp3) is 0.600. The summed E-state index contributed by atoms with van der Waals surface area (Å²) < 4.78 is 10.7. The van der Waals surface area contributed by atoms with Gasteiger partial charge in [0.2, 0.25) is 6.29 Å². The van der Waals surface area contributed by atoms with Gasteiger partial charge in [0.15, 0.2) is 0 Å². The molecule has 0 bridgehead atoms. The lowest BCUT2D eigenvalue weighted by molar-refractivity contribution is -0.277. The van der Waals surface area contributed by atoms with Crippen LogP contribution in [0.3, 0.4) is 0 Å². The van der Waals surface area contributed by atoms with E-state index in [9.17, 15) is 20.4 Å². The maximum atomic E-state index is 9.89. The SMILES string of the molecule is OCC(O)Cc1ccc(OC2OC(CO)C(O)C(O)C2O)cc1. The van der Waals surface area contributed by atoms with Crippen LogP contribution in [0, 0.1) is 0 Å². The monoisotopic (exact) mass is 330 g/mol. The average Bonchev–Trinajstić information content (AvgIpc) is 2.56. The molecule has 1 aromatic rings. The van der Waals surface area contributed by atoms with Crippen molar-refractivity contribution >= 4 is 0 Å². The van der Waals surface area contributed by atoms with E-state index >= 15 is 0 Å². The normalized spacial score (nSPS) is 32.5. The van der Waals surface area contributed by atoms with Crippen molar-refractivity contribution in [3.05, 3.63) is 29.8 Å². The van der Waals surface area contributed by atoms with Crippen LogP contribution in [0.15, 0.2) is 24.3 Å². The van der Waals surface area contributed by atoms with Gasteiger partial charge in [0.25, 0.3) is 0 Å². The second kappa shape index (κ2) is 8.02. The van der Waals surface area contributed by atoms with Gasteiger partial charge in [-0.3, -0.25) is 0 Å². The van der Waals surface area contributed by atoms with E-state index in [-0.39, 0.29) is 13.0 Å². The standard InChI is InChI=1S/C15H22O8/c16-6-9(18)5-8-1-3-10(4-2-8)22-15-14(21)13(20)12(19)11(7-17)23-15/h1-4,9,11-21H,5-7H2. The Kier molecular flexibility index (Phi) is 6.31. The Morgan fingerprint density at radius 1 is 1.00 bits per heavy atom. The van der Waals surface area contributed by atoms with Gasteiger partial charge in [-0.05, 0) is 17.7 Å². The Morgan fingerprint density at radius 2 is 1.65 bits per heavy atom. The lowest BCUT2D eigenvalue weighted by Gasteiger charge is -2.39. The summed E-state index contributed by atoms with van der Waals surface area (Å²) in [6.07, 6.45) is -7.22. The summed E-state index contributed by atoms with van der Waals surface area (Å²) in [5.74, 6) is 0.344. The Balaban J connectivity index is 2.00. The van der Waals surface area contributed by atoms with Gasteiger partial charge < -0.3 is 40.1 Å². The van der Waals surface area contributed by atoms with Crippen molar-refractivity contribution in [2.45, 2.75) is 43.2 Å². The smallest absolute Gasteiger partial charge is 0.229 e. The Morgan fingerprint density at radius 3 is 2.22 bits per heavy atom. The first kappa shape index (κ1) is 18.1. The van der Waals surface area contributed by atoms with Crippen LogP contribution in [-0.2, 0) is 11.2 Å². The van der Waals surface area contributed by atoms with Crippen LogP contribution in [0.4, 0.5) is 0 Å². The molecule has 1 heterocycles. The zero-order valence-electron chi connectivity index (χ0n) is 12.4. The number of benzene rings is 1. The van der Waals surface area contributed by atoms with E-state index < -0.39 is 43.4 Å². The molecule has 6 unspecified atom stereocenters. The first-order valence-electron chi connectivity index (χ1n) is 7.31. The topological polar surface area (TPSA) is 140 Å². The maximum Gasteiger partial charge on any atom is 0.229 e. The van der Waals surface area contributed by atoms with E-state index in [1.54, 1.807) is 24.3 Å². The van der Waals surface area contributed by atoms with E-state index in [0.717, 1.165) is 5.56 Å². The van der Waals surface area contributed by atoms with E-state index in [0.29, 0.717) is 5.75 Å². The van der Waals surface area contributed by atoms with E-state index in [1.165, 1.54) is 0 Å². The third kappa shape index (κ3) is 4.39. The van der Waals surface area contributed by atoms with Crippen LogP contribution in [0.2, 0.25) is 0 Å². The third-order valence-corrected chi connectivity index (χ3v) is 3.71. The highest BCUT2D eigenvalue weighted by molar-refractivity contribution is 5.28. The highest BCUT2D eigenvalue weighted by atomic mass is 16.7. The molecule has 1 fully saturated rings. The molecule has 0 saturated carbocycles. The van der Waals surface area contributed by atoms with Crippen molar-refractivity contribution in [1.29, 1.82) is 0 Å². The first-order chi connectivity index (χ1) is 11.0. The van der Waals surface area contributed by atoms with Gasteiger partial charge in [-0.1, -0.05) is 12.1 Å². The molecule has 8 nitrogen and oxygen atoms in total. The zero-order valence-corrected chi connectivity index (χ0v) is 12.4. The number of aliphatic hydroxyl groups is 6. The van der Waals surface area contributed by atoms with Crippen LogP contribution in [0.25, 0.3) is 0 Å². The minimum atomic E-state index is -1.50. The number of hydrogen-bond acceptors (Lipinski definition) is 8. The van der Waals surface area contributed by atoms with Crippen molar-refractivity contribution < 1.29 is 40.1 Å². The van der Waals surface area contributed by atoms with Gasteiger partial charge in [-0.2, -0.15) is 0 Å². The number of hydrogen-bond donors (Lipinski definition) is 6. The average molecular weight is 330 g/mol. The van der Waals surface area contributed by atoms with Crippen molar-refractivity contribution in [3.63, 3.8) is 0 Å². The largest absolute Gasteiger partial charge is 0.462 e. The van der Waals surface area contributed by atoms with Gasteiger partial charge in [0.05, 0.1) is 19.3 Å². The number of ether oxygens (including phenoxy) is 2. The Bertz CT molecular complexity index is 477. The maximum absolute atomic E-state index is 9.89. The summed E-state index contributed by atoms with van der Waals surface area (Å²) >= 11 is 0. The lowest BCUT2D eigenvalue weighted by atomic mass is 9.99. The predicted octanol–water partition coefficient (Wildman–Crippen LogP) is -2.24. The molecule has 2 rings (SSSR count). The predicted molar refractivity (Wildman–Crippen MR) is 77.6 cm³/mol. The quantitative estimate of drug-likeness (QED) is 0.344. The summed E-state index contributed by atoms with van der Waals surface area (Å²) in [6, 6.07) is 6.53. The molecule has 1 aliphatic heterocycles.